The molecule has 0 saturated carbocycles. The highest BCUT2D eigenvalue weighted by Gasteiger charge is 2.39. The van der Waals surface area contributed by atoms with Gasteiger partial charge in [-0.05, 0) is 86.5 Å². The Balaban J connectivity index is 0.930. The van der Waals surface area contributed by atoms with Crippen molar-refractivity contribution in [3.05, 3.63) is 97.6 Å². The van der Waals surface area contributed by atoms with Crippen molar-refractivity contribution in [1.29, 1.82) is 0 Å². The number of carbonyl (C=O) groups excluding carboxylic acids is 7. The molecule has 3 atom stereocenters. The molecule has 0 spiro atoms. The minimum Gasteiger partial charge on any atom is -0.460 e. The van der Waals surface area contributed by atoms with E-state index >= 15 is 4.39 Å². The highest BCUT2D eigenvalue weighted by molar-refractivity contribution is 5.95. The van der Waals surface area contributed by atoms with Crippen LogP contribution in [0.25, 0.3) is 22.3 Å². The van der Waals surface area contributed by atoms with E-state index in [0.717, 1.165) is 47.0 Å². The molecule has 6 amide bonds. The number of esters is 1. The van der Waals surface area contributed by atoms with E-state index < -0.39 is 79.0 Å². The van der Waals surface area contributed by atoms with E-state index in [1.807, 2.05) is 20.0 Å². The van der Waals surface area contributed by atoms with Crippen molar-refractivity contribution >= 4 is 52.3 Å². The van der Waals surface area contributed by atoms with Crippen molar-refractivity contribution in [3.63, 3.8) is 0 Å². The molecule has 1 aliphatic carbocycles. The molecule has 2 aliphatic heterocycles. The lowest BCUT2D eigenvalue weighted by atomic mass is 9.81. The first-order chi connectivity index (χ1) is 33.7. The second kappa shape index (κ2) is 23.0. The number of amides is 6. The molecule has 7 rings (SSSR count). The smallest absolute Gasteiger partial charge is 0.313 e. The summed E-state index contributed by atoms with van der Waals surface area (Å²) >= 11 is 0. The number of unbranched alkanes of at least 4 members (excludes halogenated alkanes) is 2. The number of likely N-dealkylation sites (N-methyl/N-ethyl adjacent to an activating group) is 1. The number of carbonyl (C=O) groups is 7. The SMILES string of the molecule is CC[C@H]1C(=O)OCc2c1cc1n(c2=O)Cc2c-1nc1cc(F)c(C)c3c1c2[C@@H](N(C)C(=O)COCNC(=O)CNC(=O)[C@H](Cc1ccccc1)NC(=O)CNC(=O)CNC(=O)CCCCCNC)CC3. The predicted octanol–water partition coefficient (Wildman–Crippen LogP) is 1.82. The van der Waals surface area contributed by atoms with E-state index in [9.17, 15) is 38.4 Å². The van der Waals surface area contributed by atoms with E-state index in [2.05, 4.69) is 31.9 Å². The number of ether oxygens (including phenoxy) is 2. The Hall–Kier alpha value is -7.06. The van der Waals surface area contributed by atoms with Crippen molar-refractivity contribution in [2.45, 2.75) is 96.4 Å². The first-order valence-electron chi connectivity index (χ1n) is 23.7. The molecular weight excluding hydrogens is 906 g/mol. The number of aryl methyl sites for hydroxylation is 1. The fraction of sp³-hybridized carbons (Fsp3) is 0.460. The molecule has 4 heterocycles. The summed E-state index contributed by atoms with van der Waals surface area (Å²) in [5, 5.41) is 16.4. The summed E-state index contributed by atoms with van der Waals surface area (Å²) < 4.78 is 28.0. The van der Waals surface area contributed by atoms with Crippen LogP contribution in [0.5, 0.6) is 0 Å². The zero-order valence-electron chi connectivity index (χ0n) is 39.9. The topological polar surface area (TPSA) is 248 Å². The van der Waals surface area contributed by atoms with Crippen molar-refractivity contribution in [1.82, 2.24) is 46.4 Å². The molecule has 0 saturated heterocycles. The van der Waals surface area contributed by atoms with Gasteiger partial charge < -0.3 is 50.8 Å². The van der Waals surface area contributed by atoms with E-state index in [0.29, 0.717) is 59.3 Å². The number of aromatic nitrogens is 2. The molecule has 372 valence electrons. The van der Waals surface area contributed by atoms with Crippen molar-refractivity contribution in [2.24, 2.45) is 0 Å². The molecule has 0 fully saturated rings. The predicted molar refractivity (Wildman–Crippen MR) is 254 cm³/mol. The third kappa shape index (κ3) is 11.5. The Labute approximate surface area is 404 Å². The Morgan fingerprint density at radius 1 is 0.914 bits per heavy atom. The van der Waals surface area contributed by atoms with Gasteiger partial charge in [-0.25, -0.2) is 9.37 Å². The number of benzene rings is 2. The van der Waals surface area contributed by atoms with Crippen LogP contribution in [0.3, 0.4) is 0 Å². The Bertz CT molecular complexity index is 2750. The molecular formula is C50H60FN9O10. The average molecular weight is 966 g/mol. The minimum atomic E-state index is -1.11. The highest BCUT2D eigenvalue weighted by Crippen LogP contribution is 2.47. The van der Waals surface area contributed by atoms with Crippen molar-refractivity contribution < 1.29 is 47.4 Å². The summed E-state index contributed by atoms with van der Waals surface area (Å²) in [6, 6.07) is 10.5. The Kier molecular flexibility index (Phi) is 16.7. The summed E-state index contributed by atoms with van der Waals surface area (Å²) in [6.45, 7) is 2.41. The average Bonchev–Trinajstić information content (AvgIpc) is 3.72. The van der Waals surface area contributed by atoms with Crippen LogP contribution in [0.2, 0.25) is 0 Å². The van der Waals surface area contributed by atoms with Gasteiger partial charge in [0.25, 0.3) is 5.56 Å². The molecule has 0 unspecified atom stereocenters. The van der Waals surface area contributed by atoms with E-state index in [1.165, 1.54) is 6.07 Å². The Morgan fingerprint density at radius 2 is 1.64 bits per heavy atom. The molecule has 6 N–H and O–H groups in total. The summed E-state index contributed by atoms with van der Waals surface area (Å²) in [6.07, 6.45) is 4.20. The number of hydrogen-bond donors (Lipinski definition) is 6. The van der Waals surface area contributed by atoms with Gasteiger partial charge >= 0.3 is 5.97 Å². The fourth-order valence-electron chi connectivity index (χ4n) is 9.42. The maximum Gasteiger partial charge on any atom is 0.313 e. The van der Waals surface area contributed by atoms with Crippen LogP contribution in [-0.4, -0.2) is 116 Å². The van der Waals surface area contributed by atoms with Crippen LogP contribution in [0.15, 0.2) is 47.3 Å². The van der Waals surface area contributed by atoms with Crippen LogP contribution >= 0.6 is 0 Å². The number of rotatable bonds is 22. The van der Waals surface area contributed by atoms with Crippen LogP contribution in [0.1, 0.15) is 96.4 Å². The second-order valence-corrected chi connectivity index (χ2v) is 17.8. The lowest BCUT2D eigenvalue weighted by molar-refractivity contribution is -0.148. The van der Waals surface area contributed by atoms with Gasteiger partial charge in [0, 0.05) is 36.9 Å². The van der Waals surface area contributed by atoms with Gasteiger partial charge in [0.2, 0.25) is 35.4 Å². The lowest BCUT2D eigenvalue weighted by Gasteiger charge is -2.35. The van der Waals surface area contributed by atoms with Crippen LogP contribution in [-0.2, 0) is 69.0 Å². The Morgan fingerprint density at radius 3 is 2.40 bits per heavy atom. The summed E-state index contributed by atoms with van der Waals surface area (Å²) in [5.41, 5.74) is 5.61. The molecule has 19 nitrogen and oxygen atoms in total. The van der Waals surface area contributed by atoms with Crippen LogP contribution < -0.4 is 37.5 Å². The zero-order valence-corrected chi connectivity index (χ0v) is 39.9. The number of nitrogens with zero attached hydrogens (tertiary/aromatic N) is 3. The maximum absolute atomic E-state index is 15.4. The molecule has 0 bridgehead atoms. The lowest BCUT2D eigenvalue weighted by Crippen LogP contribution is -2.52. The van der Waals surface area contributed by atoms with Gasteiger partial charge in [-0.15, -0.1) is 0 Å². The summed E-state index contributed by atoms with van der Waals surface area (Å²) in [5.74, 6) is -4.64. The third-order valence-corrected chi connectivity index (χ3v) is 13.2. The van der Waals surface area contributed by atoms with E-state index in [4.69, 9.17) is 14.5 Å². The fourth-order valence-corrected chi connectivity index (χ4v) is 9.42. The number of cyclic esters (lactones) is 1. The van der Waals surface area contributed by atoms with Gasteiger partial charge in [-0.3, -0.25) is 38.4 Å². The number of pyridine rings is 2. The number of hydrogen-bond acceptors (Lipinski definition) is 12. The zero-order chi connectivity index (χ0) is 50.1. The van der Waals surface area contributed by atoms with Crippen LogP contribution in [0.4, 0.5) is 4.39 Å². The normalized spacial score (nSPS) is 15.7. The largest absolute Gasteiger partial charge is 0.460 e. The van der Waals surface area contributed by atoms with Gasteiger partial charge in [0.1, 0.15) is 31.8 Å². The van der Waals surface area contributed by atoms with Gasteiger partial charge in [-0.2, -0.15) is 0 Å². The molecule has 20 heteroatoms. The molecule has 3 aliphatic rings. The summed E-state index contributed by atoms with van der Waals surface area (Å²) in [4.78, 5) is 110. The minimum absolute atomic E-state index is 0.0816. The maximum atomic E-state index is 15.4. The number of nitrogens with one attached hydrogen (secondary N) is 6. The third-order valence-electron chi connectivity index (χ3n) is 13.2. The van der Waals surface area contributed by atoms with E-state index in [1.54, 1.807) is 53.8 Å². The quantitative estimate of drug-likeness (QED) is 0.0331. The standard InChI is InChI=1S/C50H60FN9O10/c1-5-30-32-19-39-47-33(24-60(39)49(67)34(32)25-70-50(30)68)46-38(16-15-31-28(2)35(51)20-36(58-47)45(31)46)59(4)44(65)26-69-27-56-42(63)22-55-48(66)37(18-29-12-8-6-9-13-29)57-43(64)23-54-41(62)21-53-40(61)14-10-7-11-17-52-3/h6,8-9,12-13,19-20,30,37-38,52H,5,7,10-11,14-18,21-27H2,1-4H3,(H,53,61)(H,54,62)(H,55,66)(H,56,63)(H,57,64)/t30-,37+,38+/m1/s1. The number of fused-ring (bicyclic) bond motifs is 5. The summed E-state index contributed by atoms with van der Waals surface area (Å²) in [7, 11) is 3.50. The van der Waals surface area contributed by atoms with Crippen molar-refractivity contribution in [3.8, 4) is 11.4 Å². The van der Waals surface area contributed by atoms with E-state index in [-0.39, 0.29) is 50.7 Å². The molecule has 2 aromatic heterocycles. The van der Waals surface area contributed by atoms with Gasteiger partial charge in [0.05, 0.1) is 60.6 Å². The van der Waals surface area contributed by atoms with Gasteiger partial charge in [0.15, 0.2) is 0 Å². The number of halogens is 1. The van der Waals surface area contributed by atoms with Crippen molar-refractivity contribution in [2.75, 3.05) is 53.6 Å². The first kappa shape index (κ1) is 50.8. The second-order valence-electron chi connectivity index (χ2n) is 17.8. The van der Waals surface area contributed by atoms with Crippen LogP contribution in [0, 0.1) is 12.7 Å². The molecule has 70 heavy (non-hydrogen) atoms. The highest BCUT2D eigenvalue weighted by atomic mass is 19.1. The first-order valence-corrected chi connectivity index (χ1v) is 23.7. The molecule has 0 radical (unpaired) electrons. The molecule has 2 aromatic carbocycles. The van der Waals surface area contributed by atoms with Gasteiger partial charge in [-0.1, -0.05) is 43.7 Å². The monoisotopic (exact) mass is 965 g/mol. The molecule has 4 aromatic rings.